The van der Waals surface area contributed by atoms with Crippen LogP contribution in [0.2, 0.25) is 0 Å². The van der Waals surface area contributed by atoms with Crippen molar-refractivity contribution >= 4 is 11.9 Å². The number of nitrogens with one attached hydrogen (secondary N) is 1. The second-order valence-electron chi connectivity index (χ2n) is 19.3. The third kappa shape index (κ3) is 45.2. The molecule has 0 aliphatic carbocycles. The monoisotopic (exact) mass is 876 g/mol. The summed E-state index contributed by atoms with van der Waals surface area (Å²) >= 11 is 0. The van der Waals surface area contributed by atoms with Gasteiger partial charge in [-0.2, -0.15) is 0 Å². The van der Waals surface area contributed by atoms with Gasteiger partial charge in [-0.1, -0.05) is 264 Å². The number of ether oxygens (including phenoxy) is 1. The number of aliphatic hydroxyl groups is 2. The largest absolute Gasteiger partial charge is 0.462 e. The molecule has 0 saturated heterocycles. The number of hydrogen-bond acceptors (Lipinski definition) is 5. The van der Waals surface area contributed by atoms with Crippen LogP contribution in [-0.4, -0.2) is 46.9 Å². The van der Waals surface area contributed by atoms with E-state index >= 15 is 0 Å². The Bertz CT molecular complexity index is 939. The molecule has 0 saturated carbocycles. The Morgan fingerprint density at radius 2 is 0.806 bits per heavy atom. The van der Waals surface area contributed by atoms with E-state index in [0.717, 1.165) is 64.2 Å². The minimum atomic E-state index is -0.786. The third-order valence-corrected chi connectivity index (χ3v) is 13.1. The van der Waals surface area contributed by atoms with Crippen molar-refractivity contribution in [2.45, 2.75) is 328 Å². The van der Waals surface area contributed by atoms with Crippen LogP contribution in [0.25, 0.3) is 0 Å². The molecule has 1 amide bonds. The molecule has 368 valence electrons. The molecule has 0 spiro atoms. The zero-order valence-corrected chi connectivity index (χ0v) is 42.0. The zero-order chi connectivity index (χ0) is 45.2. The SMILES string of the molecule is CCC/C=C\CCCCCC(CC(=O)NC(CO)C(O)CCCCCCCCCCCCCCCCCCC)OC(=O)CCCCCCCCCCCCCCCCCCCC. The molecule has 0 aliphatic rings. The van der Waals surface area contributed by atoms with E-state index in [9.17, 15) is 19.8 Å². The smallest absolute Gasteiger partial charge is 0.306 e. The summed E-state index contributed by atoms with van der Waals surface area (Å²) in [5, 5.41) is 23.8. The summed E-state index contributed by atoms with van der Waals surface area (Å²) in [7, 11) is 0. The molecular weight excluding hydrogens is 767 g/mol. The first-order chi connectivity index (χ1) is 30.5. The predicted octanol–water partition coefficient (Wildman–Crippen LogP) is 16.9. The molecule has 6 heteroatoms. The molecular formula is C56H109NO5. The summed E-state index contributed by atoms with van der Waals surface area (Å²) in [6, 6.07) is -0.700. The summed E-state index contributed by atoms with van der Waals surface area (Å²) in [5.41, 5.74) is 0. The highest BCUT2D eigenvalue weighted by Crippen LogP contribution is 2.19. The highest BCUT2D eigenvalue weighted by molar-refractivity contribution is 5.77. The molecule has 0 aromatic heterocycles. The molecule has 62 heavy (non-hydrogen) atoms. The molecule has 0 bridgehead atoms. The second-order valence-corrected chi connectivity index (χ2v) is 19.3. The third-order valence-electron chi connectivity index (χ3n) is 13.1. The number of allylic oxidation sites excluding steroid dienone is 2. The Labute approximate surface area is 387 Å². The first-order valence-electron chi connectivity index (χ1n) is 27.9. The summed E-state index contributed by atoms with van der Waals surface area (Å²) < 4.78 is 5.92. The summed E-state index contributed by atoms with van der Waals surface area (Å²) in [4.78, 5) is 26.1. The van der Waals surface area contributed by atoms with Gasteiger partial charge >= 0.3 is 5.97 Å². The maximum atomic E-state index is 13.2. The lowest BCUT2D eigenvalue weighted by atomic mass is 10.0. The lowest BCUT2D eigenvalue weighted by Crippen LogP contribution is -2.46. The molecule has 0 heterocycles. The van der Waals surface area contributed by atoms with Crippen molar-refractivity contribution in [2.24, 2.45) is 0 Å². The molecule has 0 aromatic rings. The number of esters is 1. The fourth-order valence-electron chi connectivity index (χ4n) is 8.85. The van der Waals surface area contributed by atoms with Gasteiger partial charge in [-0.05, 0) is 44.9 Å². The maximum Gasteiger partial charge on any atom is 0.306 e. The number of rotatable bonds is 51. The quantitative estimate of drug-likeness (QED) is 0.0321. The van der Waals surface area contributed by atoms with E-state index in [0.29, 0.717) is 19.3 Å². The van der Waals surface area contributed by atoms with Crippen LogP contribution in [0.3, 0.4) is 0 Å². The number of unbranched alkanes of at least 4 members (excludes halogenated alkanes) is 37. The van der Waals surface area contributed by atoms with Crippen LogP contribution < -0.4 is 5.32 Å². The zero-order valence-electron chi connectivity index (χ0n) is 42.0. The Morgan fingerprint density at radius 3 is 1.21 bits per heavy atom. The molecule has 0 radical (unpaired) electrons. The van der Waals surface area contributed by atoms with E-state index in [1.807, 2.05) is 0 Å². The van der Waals surface area contributed by atoms with Crippen LogP contribution >= 0.6 is 0 Å². The lowest BCUT2D eigenvalue weighted by Gasteiger charge is -2.24. The van der Waals surface area contributed by atoms with Crippen molar-refractivity contribution in [3.63, 3.8) is 0 Å². The summed E-state index contributed by atoms with van der Waals surface area (Å²) in [5.74, 6) is -0.474. The summed E-state index contributed by atoms with van der Waals surface area (Å²) in [6.07, 6.45) is 57.3. The average molecular weight is 876 g/mol. The molecule has 0 aromatic carbocycles. The van der Waals surface area contributed by atoms with Crippen molar-refractivity contribution in [1.82, 2.24) is 5.32 Å². The first kappa shape index (κ1) is 60.6. The molecule has 0 fully saturated rings. The molecule has 3 atom stereocenters. The van der Waals surface area contributed by atoms with Gasteiger partial charge in [-0.3, -0.25) is 9.59 Å². The minimum Gasteiger partial charge on any atom is -0.462 e. The molecule has 3 unspecified atom stereocenters. The molecule has 0 aliphatic heterocycles. The molecule has 0 rings (SSSR count). The number of carbonyl (C=O) groups is 2. The van der Waals surface area contributed by atoms with Crippen LogP contribution in [0, 0.1) is 0 Å². The van der Waals surface area contributed by atoms with Crippen LogP contribution in [0.5, 0.6) is 0 Å². The van der Waals surface area contributed by atoms with Crippen LogP contribution in [0.1, 0.15) is 310 Å². The minimum absolute atomic E-state index is 0.0730. The van der Waals surface area contributed by atoms with Gasteiger partial charge in [0.2, 0.25) is 5.91 Å². The summed E-state index contributed by atoms with van der Waals surface area (Å²) in [6.45, 7) is 6.45. The van der Waals surface area contributed by atoms with E-state index in [1.54, 1.807) is 0 Å². The Morgan fingerprint density at radius 1 is 0.452 bits per heavy atom. The number of aliphatic hydroxyl groups excluding tert-OH is 2. The normalized spacial score (nSPS) is 13.2. The van der Waals surface area contributed by atoms with E-state index in [4.69, 9.17) is 4.74 Å². The predicted molar refractivity (Wildman–Crippen MR) is 269 cm³/mol. The van der Waals surface area contributed by atoms with Crippen LogP contribution in [0.15, 0.2) is 12.2 Å². The van der Waals surface area contributed by atoms with Gasteiger partial charge in [0.25, 0.3) is 0 Å². The van der Waals surface area contributed by atoms with E-state index in [2.05, 4.69) is 38.2 Å². The van der Waals surface area contributed by atoms with Gasteiger partial charge in [0.05, 0.1) is 25.2 Å². The molecule has 3 N–H and O–H groups in total. The van der Waals surface area contributed by atoms with Gasteiger partial charge in [-0.15, -0.1) is 0 Å². The van der Waals surface area contributed by atoms with E-state index in [1.165, 1.54) is 199 Å². The maximum absolute atomic E-state index is 13.2. The average Bonchev–Trinajstić information content (AvgIpc) is 3.26. The van der Waals surface area contributed by atoms with Gasteiger partial charge in [0.1, 0.15) is 6.10 Å². The number of hydrogen-bond donors (Lipinski definition) is 3. The molecule has 6 nitrogen and oxygen atoms in total. The Hall–Kier alpha value is -1.40. The van der Waals surface area contributed by atoms with Crippen molar-refractivity contribution < 1.29 is 24.5 Å². The standard InChI is InChI=1S/C56H109NO5/c1-4-7-10-13-16-19-21-23-25-27-29-31-33-35-37-40-43-46-49-56(61)62-52(47-44-41-38-18-15-12-9-6-3)50-55(60)57-53(51-58)54(59)48-45-42-39-36-34-32-30-28-26-24-22-20-17-14-11-8-5-2/h12,15,52-54,58-59H,4-11,13-14,16-51H2,1-3H3,(H,57,60)/b15-12-. The van der Waals surface area contributed by atoms with Crippen molar-refractivity contribution in [2.75, 3.05) is 6.61 Å². The highest BCUT2D eigenvalue weighted by atomic mass is 16.5. The number of amides is 1. The fourth-order valence-corrected chi connectivity index (χ4v) is 8.85. The fraction of sp³-hybridized carbons (Fsp3) is 0.929. The van der Waals surface area contributed by atoms with Gasteiger partial charge in [0.15, 0.2) is 0 Å². The van der Waals surface area contributed by atoms with Crippen LogP contribution in [-0.2, 0) is 14.3 Å². The first-order valence-corrected chi connectivity index (χ1v) is 27.9. The van der Waals surface area contributed by atoms with Crippen molar-refractivity contribution in [1.29, 1.82) is 0 Å². The van der Waals surface area contributed by atoms with Crippen LogP contribution in [0.4, 0.5) is 0 Å². The Balaban J connectivity index is 4.30. The van der Waals surface area contributed by atoms with Crippen molar-refractivity contribution in [3.8, 4) is 0 Å². The van der Waals surface area contributed by atoms with Gasteiger partial charge < -0.3 is 20.3 Å². The van der Waals surface area contributed by atoms with Gasteiger partial charge in [-0.25, -0.2) is 0 Å². The van der Waals surface area contributed by atoms with E-state index < -0.39 is 18.2 Å². The lowest BCUT2D eigenvalue weighted by molar-refractivity contribution is -0.151. The van der Waals surface area contributed by atoms with Crippen molar-refractivity contribution in [3.05, 3.63) is 12.2 Å². The Kier molecular flexibility index (Phi) is 49.5. The second kappa shape index (κ2) is 50.6. The van der Waals surface area contributed by atoms with Gasteiger partial charge in [0, 0.05) is 6.42 Å². The topological polar surface area (TPSA) is 95.9 Å². The van der Waals surface area contributed by atoms with E-state index in [-0.39, 0.29) is 24.9 Å². The highest BCUT2D eigenvalue weighted by Gasteiger charge is 2.24. The number of carbonyl (C=O) groups excluding carboxylic acids is 2.